The smallest absolute Gasteiger partial charge is 0.126 e. The van der Waals surface area contributed by atoms with Crippen LogP contribution < -0.4 is 9.47 Å². The third-order valence-electron chi connectivity index (χ3n) is 2.95. The van der Waals surface area contributed by atoms with E-state index in [0.29, 0.717) is 0 Å². The summed E-state index contributed by atoms with van der Waals surface area (Å²) in [6.07, 6.45) is 0. The summed E-state index contributed by atoms with van der Waals surface area (Å²) in [4.78, 5) is 0. The van der Waals surface area contributed by atoms with Gasteiger partial charge in [-0.2, -0.15) is 0 Å². The van der Waals surface area contributed by atoms with Gasteiger partial charge >= 0.3 is 0 Å². The van der Waals surface area contributed by atoms with Gasteiger partial charge in [0.15, 0.2) is 0 Å². The normalized spacial score (nSPS) is 10.2. The summed E-state index contributed by atoms with van der Waals surface area (Å²) in [5.41, 5.74) is 3.34. The van der Waals surface area contributed by atoms with Crippen LogP contribution in [0.4, 0.5) is 0 Å². The number of hydrogen-bond donors (Lipinski definition) is 0. The summed E-state index contributed by atoms with van der Waals surface area (Å²) in [5.74, 6) is 1.69. The number of benzene rings is 2. The van der Waals surface area contributed by atoms with E-state index in [4.69, 9.17) is 9.47 Å². The van der Waals surface area contributed by atoms with E-state index in [0.717, 1.165) is 27.1 Å². The van der Waals surface area contributed by atoms with Crippen molar-refractivity contribution in [3.63, 3.8) is 0 Å². The van der Waals surface area contributed by atoms with Crippen molar-refractivity contribution in [2.75, 3.05) is 14.2 Å². The molecule has 0 N–H and O–H groups in total. The Balaban J connectivity index is 2.66. The molecule has 94 valence electrons. The minimum atomic E-state index is 0.827. The molecule has 0 bridgehead atoms. The largest absolute Gasteiger partial charge is 0.497 e. The first-order valence-electron chi connectivity index (χ1n) is 5.65. The van der Waals surface area contributed by atoms with Gasteiger partial charge in [-0.15, -0.1) is 0 Å². The van der Waals surface area contributed by atoms with Gasteiger partial charge in [0.2, 0.25) is 0 Å². The van der Waals surface area contributed by atoms with Crippen molar-refractivity contribution in [2.45, 2.75) is 6.92 Å². The van der Waals surface area contributed by atoms with Crippen molar-refractivity contribution >= 4 is 15.9 Å². The van der Waals surface area contributed by atoms with Gasteiger partial charge < -0.3 is 9.47 Å². The van der Waals surface area contributed by atoms with Crippen LogP contribution in [0.1, 0.15) is 5.56 Å². The zero-order valence-electron chi connectivity index (χ0n) is 10.7. The Morgan fingerprint density at radius 3 is 2.33 bits per heavy atom. The van der Waals surface area contributed by atoms with E-state index in [1.165, 1.54) is 5.56 Å². The molecule has 0 amide bonds. The lowest BCUT2D eigenvalue weighted by molar-refractivity contribution is 0.413. The fourth-order valence-corrected chi connectivity index (χ4v) is 2.36. The Kier molecular flexibility index (Phi) is 3.92. The first-order chi connectivity index (χ1) is 8.67. The van der Waals surface area contributed by atoms with Gasteiger partial charge in [-0.05, 0) is 36.2 Å². The Morgan fingerprint density at radius 1 is 0.944 bits per heavy atom. The SMILES string of the molecule is COc1cc(Br)c(C)c(-c2ccccc2OC)c1. The molecule has 18 heavy (non-hydrogen) atoms. The van der Waals surface area contributed by atoms with Crippen LogP contribution in [-0.4, -0.2) is 14.2 Å². The molecule has 3 heteroatoms. The Labute approximate surface area is 116 Å². The van der Waals surface area contributed by atoms with Crippen molar-refractivity contribution in [1.82, 2.24) is 0 Å². The molecule has 0 heterocycles. The second-order valence-electron chi connectivity index (χ2n) is 3.98. The van der Waals surface area contributed by atoms with Crippen LogP contribution in [0.5, 0.6) is 11.5 Å². The molecule has 0 saturated heterocycles. The maximum absolute atomic E-state index is 5.41. The van der Waals surface area contributed by atoms with Crippen molar-refractivity contribution in [3.05, 3.63) is 46.4 Å². The number of para-hydroxylation sites is 1. The molecule has 2 rings (SSSR count). The number of ether oxygens (including phenoxy) is 2. The summed E-state index contributed by atoms with van der Waals surface area (Å²) in [7, 11) is 3.35. The first kappa shape index (κ1) is 13.0. The van der Waals surface area contributed by atoms with Crippen molar-refractivity contribution < 1.29 is 9.47 Å². The fraction of sp³-hybridized carbons (Fsp3) is 0.200. The van der Waals surface area contributed by atoms with Crippen molar-refractivity contribution in [2.24, 2.45) is 0 Å². The second kappa shape index (κ2) is 5.44. The minimum absolute atomic E-state index is 0.827. The third kappa shape index (κ3) is 2.36. The van der Waals surface area contributed by atoms with Crippen LogP contribution in [0.2, 0.25) is 0 Å². The zero-order valence-corrected chi connectivity index (χ0v) is 12.2. The molecule has 2 nitrogen and oxygen atoms in total. The topological polar surface area (TPSA) is 18.5 Å². The summed E-state index contributed by atoms with van der Waals surface area (Å²) in [5, 5.41) is 0. The third-order valence-corrected chi connectivity index (χ3v) is 3.77. The average Bonchev–Trinajstić information content (AvgIpc) is 2.41. The summed E-state index contributed by atoms with van der Waals surface area (Å²) in [6, 6.07) is 12.0. The summed E-state index contributed by atoms with van der Waals surface area (Å²) in [6.45, 7) is 2.07. The Bertz CT molecular complexity index is 564. The van der Waals surface area contributed by atoms with Gasteiger partial charge in [-0.25, -0.2) is 0 Å². The van der Waals surface area contributed by atoms with Gasteiger partial charge in [0, 0.05) is 10.0 Å². The molecule has 2 aromatic rings. The number of halogens is 1. The molecular weight excluding hydrogens is 292 g/mol. The zero-order chi connectivity index (χ0) is 13.1. The molecule has 0 aliphatic heterocycles. The van der Waals surface area contributed by atoms with Crippen LogP contribution in [0.25, 0.3) is 11.1 Å². The lowest BCUT2D eigenvalue weighted by Crippen LogP contribution is -1.92. The van der Waals surface area contributed by atoms with E-state index in [9.17, 15) is 0 Å². The second-order valence-corrected chi connectivity index (χ2v) is 4.84. The van der Waals surface area contributed by atoms with E-state index in [1.807, 2.05) is 36.4 Å². The standard InChI is InChI=1S/C15H15BrO2/c1-10-13(8-11(17-2)9-14(10)16)12-6-4-5-7-15(12)18-3/h4-9H,1-3H3. The predicted octanol–water partition coefficient (Wildman–Crippen LogP) is 4.44. The van der Waals surface area contributed by atoms with Gasteiger partial charge in [-0.1, -0.05) is 34.1 Å². The highest BCUT2D eigenvalue weighted by Crippen LogP contribution is 2.37. The molecule has 0 unspecified atom stereocenters. The molecular formula is C15H15BrO2. The van der Waals surface area contributed by atoms with Crippen molar-refractivity contribution in [1.29, 1.82) is 0 Å². The van der Waals surface area contributed by atoms with Crippen LogP contribution in [-0.2, 0) is 0 Å². The van der Waals surface area contributed by atoms with Crippen LogP contribution in [0, 0.1) is 6.92 Å². The highest BCUT2D eigenvalue weighted by atomic mass is 79.9. The number of hydrogen-bond acceptors (Lipinski definition) is 2. The molecule has 0 aliphatic rings. The maximum atomic E-state index is 5.41. The maximum Gasteiger partial charge on any atom is 0.126 e. The molecule has 0 atom stereocenters. The quantitative estimate of drug-likeness (QED) is 0.834. The molecule has 2 aromatic carbocycles. The monoisotopic (exact) mass is 306 g/mol. The molecule has 0 spiro atoms. The fourth-order valence-electron chi connectivity index (χ4n) is 1.92. The molecule has 0 saturated carbocycles. The lowest BCUT2D eigenvalue weighted by Gasteiger charge is -2.13. The molecule has 0 fully saturated rings. The van der Waals surface area contributed by atoms with Gasteiger partial charge in [0.05, 0.1) is 14.2 Å². The van der Waals surface area contributed by atoms with Crippen LogP contribution >= 0.6 is 15.9 Å². The first-order valence-corrected chi connectivity index (χ1v) is 6.44. The van der Waals surface area contributed by atoms with Crippen molar-refractivity contribution in [3.8, 4) is 22.6 Å². The summed E-state index contributed by atoms with van der Waals surface area (Å²) >= 11 is 3.56. The highest BCUT2D eigenvalue weighted by molar-refractivity contribution is 9.10. The van der Waals surface area contributed by atoms with E-state index >= 15 is 0 Å². The van der Waals surface area contributed by atoms with E-state index in [1.54, 1.807) is 14.2 Å². The minimum Gasteiger partial charge on any atom is -0.497 e. The van der Waals surface area contributed by atoms with Gasteiger partial charge in [-0.3, -0.25) is 0 Å². The van der Waals surface area contributed by atoms with E-state index in [-0.39, 0.29) is 0 Å². The Morgan fingerprint density at radius 2 is 1.67 bits per heavy atom. The molecule has 0 radical (unpaired) electrons. The summed E-state index contributed by atoms with van der Waals surface area (Å²) < 4.78 is 11.8. The van der Waals surface area contributed by atoms with E-state index < -0.39 is 0 Å². The van der Waals surface area contributed by atoms with Gasteiger partial charge in [0.1, 0.15) is 11.5 Å². The predicted molar refractivity (Wildman–Crippen MR) is 77.4 cm³/mol. The Hall–Kier alpha value is -1.48. The van der Waals surface area contributed by atoms with Crippen LogP contribution in [0.3, 0.4) is 0 Å². The average molecular weight is 307 g/mol. The molecule has 0 aliphatic carbocycles. The highest BCUT2D eigenvalue weighted by Gasteiger charge is 2.11. The number of methoxy groups -OCH3 is 2. The van der Waals surface area contributed by atoms with Gasteiger partial charge in [0.25, 0.3) is 0 Å². The number of rotatable bonds is 3. The lowest BCUT2D eigenvalue weighted by atomic mass is 9.99. The van der Waals surface area contributed by atoms with Crippen LogP contribution in [0.15, 0.2) is 40.9 Å². The molecule has 0 aromatic heterocycles. The van der Waals surface area contributed by atoms with E-state index in [2.05, 4.69) is 22.9 Å².